The molecule has 0 bridgehead atoms. The van der Waals surface area contributed by atoms with Crippen LogP contribution in [0.4, 0.5) is 79.6 Å². The van der Waals surface area contributed by atoms with Crippen molar-refractivity contribution in [3.63, 3.8) is 0 Å². The van der Waals surface area contributed by atoms with Gasteiger partial charge < -0.3 is 36.6 Å². The lowest BCUT2D eigenvalue weighted by Gasteiger charge is -2.38. The van der Waals surface area contributed by atoms with Gasteiger partial charge in [-0.3, -0.25) is 5.32 Å². The van der Waals surface area contributed by atoms with E-state index < -0.39 is 53.1 Å². The minimum atomic E-state index is -5.86. The van der Waals surface area contributed by atoms with E-state index in [1.807, 2.05) is 0 Å². The van der Waals surface area contributed by atoms with Crippen LogP contribution in [0.25, 0.3) is 0 Å². The van der Waals surface area contributed by atoms with Crippen LogP contribution in [-0.2, 0) is 14.9 Å². The molecule has 0 fully saturated rings. The Morgan fingerprint density at radius 2 is 1.11 bits per heavy atom. The second-order valence-corrected chi connectivity index (χ2v) is 11.5. The smallest absolute Gasteiger partial charge is 0.411 e. The number of urea groups is 3. The molecule has 0 aliphatic rings. The van der Waals surface area contributed by atoms with Gasteiger partial charge in [0.2, 0.25) is 11.5 Å². The van der Waals surface area contributed by atoms with Crippen molar-refractivity contribution in [2.24, 2.45) is 4.99 Å². The van der Waals surface area contributed by atoms with E-state index in [2.05, 4.69) is 42.2 Å². The molecule has 20 heteroatoms. The van der Waals surface area contributed by atoms with Gasteiger partial charge in [-0.15, -0.1) is 0 Å². The second kappa shape index (κ2) is 18.3. The molecule has 0 unspecified atom stereocenters. The first-order chi connectivity index (χ1) is 26.5. The molecule has 0 atom stereocenters. The van der Waals surface area contributed by atoms with Crippen LogP contribution in [0.3, 0.4) is 0 Å². The van der Waals surface area contributed by atoms with Gasteiger partial charge in [0, 0.05) is 42.0 Å². The van der Waals surface area contributed by atoms with Crippen molar-refractivity contribution in [1.82, 2.24) is 10.6 Å². The summed E-state index contributed by atoms with van der Waals surface area (Å²) in [6.45, 7) is 0.0615. The lowest BCUT2D eigenvalue weighted by Crippen LogP contribution is -2.54. The van der Waals surface area contributed by atoms with Crippen molar-refractivity contribution in [3.05, 3.63) is 108 Å². The highest BCUT2D eigenvalue weighted by molar-refractivity contribution is 6.00. The van der Waals surface area contributed by atoms with Crippen LogP contribution in [-0.4, -0.2) is 62.8 Å². The van der Waals surface area contributed by atoms with E-state index >= 15 is 0 Å². The maximum atomic E-state index is 14.5. The van der Waals surface area contributed by atoms with Crippen molar-refractivity contribution in [3.8, 4) is 0 Å². The van der Waals surface area contributed by atoms with Gasteiger partial charge in [-0.1, -0.05) is 36.4 Å². The number of hydrogen-bond acceptors (Lipinski definition) is 7. The number of nitrogens with zero attached hydrogens (tertiary/aromatic N) is 1. The highest BCUT2D eigenvalue weighted by atomic mass is 19.4. The number of isocyanates is 1. The average Bonchev–Trinajstić information content (AvgIpc) is 3.12. The van der Waals surface area contributed by atoms with Crippen LogP contribution in [0.1, 0.15) is 17.5 Å². The van der Waals surface area contributed by atoms with Gasteiger partial charge in [-0.05, 0) is 78.2 Å². The molecule has 4 aromatic carbocycles. The molecule has 0 aliphatic heterocycles. The Labute approximate surface area is 314 Å². The first-order valence-electron chi connectivity index (χ1n) is 16.2. The van der Waals surface area contributed by atoms with Crippen molar-refractivity contribution in [2.45, 2.75) is 24.2 Å². The van der Waals surface area contributed by atoms with Gasteiger partial charge in [0.25, 0.3) is 0 Å². The molecule has 0 aromatic heterocycles. The molecule has 7 N–H and O–H groups in total. The lowest BCUT2D eigenvalue weighted by molar-refractivity contribution is -0.288. The van der Waals surface area contributed by atoms with Crippen molar-refractivity contribution in [1.29, 1.82) is 0 Å². The molecule has 4 aromatic rings. The van der Waals surface area contributed by atoms with Crippen molar-refractivity contribution in [2.75, 3.05) is 46.8 Å². The Hall–Kier alpha value is -7.08. The fourth-order valence-corrected chi connectivity index (χ4v) is 5.22. The van der Waals surface area contributed by atoms with Crippen LogP contribution in [0, 0.1) is 0 Å². The predicted octanol–water partition coefficient (Wildman–Crippen LogP) is 8.22. The first-order valence-corrected chi connectivity index (χ1v) is 16.2. The molecule has 7 amide bonds. The maximum Gasteiger partial charge on any atom is 0.411 e. The van der Waals surface area contributed by atoms with Crippen molar-refractivity contribution < 1.29 is 55.1 Å². The molecule has 0 saturated heterocycles. The number of alkyl halides is 6. The van der Waals surface area contributed by atoms with Crippen LogP contribution in [0.5, 0.6) is 0 Å². The molecule has 0 spiro atoms. The highest BCUT2D eigenvalue weighted by Gasteiger charge is 2.72. The largest absolute Gasteiger partial charge is 0.449 e. The molecule has 0 saturated carbocycles. The third-order valence-electron chi connectivity index (χ3n) is 7.71. The van der Waals surface area contributed by atoms with Gasteiger partial charge in [-0.25, -0.2) is 24.0 Å². The Morgan fingerprint density at radius 3 is 1.62 bits per heavy atom. The first kappa shape index (κ1) is 41.7. The number of rotatable bonds is 12. The summed E-state index contributed by atoms with van der Waals surface area (Å²) in [5.41, 5.74) is -5.92. The fraction of sp³-hybridized carbons (Fsp3) is 0.194. The summed E-state index contributed by atoms with van der Waals surface area (Å²) in [5.74, 6) is 0. The van der Waals surface area contributed by atoms with Crippen molar-refractivity contribution >= 4 is 64.4 Å². The number of hydrogen-bond donors (Lipinski definition) is 7. The summed E-state index contributed by atoms with van der Waals surface area (Å²) in [7, 11) is 1.28. The number of carbonyl (C=O) groups excluding carboxylic acids is 5. The molecule has 14 nitrogen and oxygen atoms in total. The minimum absolute atomic E-state index is 0.0442. The quantitative estimate of drug-likeness (QED) is 0.0328. The van der Waals surface area contributed by atoms with Gasteiger partial charge in [-0.2, -0.15) is 31.3 Å². The summed E-state index contributed by atoms with van der Waals surface area (Å²) in [6, 6.07) is 15.7. The number of carbonyl (C=O) groups is 4. The van der Waals surface area contributed by atoms with Crippen LogP contribution in [0.2, 0.25) is 0 Å². The molecule has 56 heavy (non-hydrogen) atoms. The number of nitrogens with one attached hydrogen (secondary N) is 7. The van der Waals surface area contributed by atoms with Crippen LogP contribution in [0.15, 0.2) is 102 Å². The van der Waals surface area contributed by atoms with Crippen LogP contribution < -0.4 is 37.2 Å². The predicted molar refractivity (Wildman–Crippen MR) is 194 cm³/mol. The summed E-state index contributed by atoms with van der Waals surface area (Å²) >= 11 is 0. The van der Waals surface area contributed by atoms with E-state index in [9.17, 15) is 50.3 Å². The number of anilines is 5. The maximum absolute atomic E-state index is 14.5. The molecular weight excluding hydrogens is 754 g/mol. The third kappa shape index (κ3) is 10.8. The molecule has 0 aliphatic carbocycles. The topological polar surface area (TPSA) is 191 Å². The standard InChI is InChI=1S/C36H32F6N8O6/c1-43-30(52)46-24-13-9-22(10-14-24)34(35(37,38)39,36(40,41)42)23-11-15-25(16-12-23)47-32(54)49-28-7-3-6-27(20-28)48-31(53)44-17-4-18-56-33(55)50-29-8-2-5-26(19-29)45-21-51/h2-3,5-16,19-20H,4,17-18H2,1H3,(H,50,55)(H2,43,46,52)(H2,44,48,53)(H2,47,49,54). The Bertz CT molecular complexity index is 2060. The van der Waals surface area contributed by atoms with E-state index in [4.69, 9.17) is 4.74 Å². The van der Waals surface area contributed by atoms with Crippen LogP contribution >= 0.6 is 0 Å². The summed E-state index contributed by atoms with van der Waals surface area (Å²) in [6.07, 6.45) is -10.9. The van der Waals surface area contributed by atoms with Gasteiger partial charge >= 0.3 is 36.5 Å². The van der Waals surface area contributed by atoms with E-state index in [1.165, 1.54) is 49.5 Å². The molecule has 294 valence electrons. The Balaban J connectivity index is 1.31. The number of ether oxygens (including phenoxy) is 1. The molecular formula is C36H32F6N8O6. The SMILES string of the molecule is CNC(=O)Nc1ccc(C(c2ccc(NC(=O)Nc3cccc(NC(=O)NCCCOC(=O)Nc4cccc(N=C=O)c4)c3)cc2)(C(F)(F)F)C(F)(F)F)cc1. The van der Waals surface area contributed by atoms with Gasteiger partial charge in [0.1, 0.15) is 0 Å². The Morgan fingerprint density at radius 1 is 0.625 bits per heavy atom. The third-order valence-corrected chi connectivity index (χ3v) is 7.71. The number of aliphatic imine (C=N–C) groups is 1. The number of halogens is 6. The van der Waals surface area contributed by atoms with Gasteiger partial charge in [0.15, 0.2) is 0 Å². The fourth-order valence-electron chi connectivity index (χ4n) is 5.22. The van der Waals surface area contributed by atoms with E-state index in [0.717, 1.165) is 24.3 Å². The van der Waals surface area contributed by atoms with Gasteiger partial charge in [0.05, 0.1) is 12.3 Å². The monoisotopic (exact) mass is 786 g/mol. The summed E-state index contributed by atoms with van der Waals surface area (Å²) in [4.78, 5) is 62.4. The zero-order valence-electron chi connectivity index (χ0n) is 29.0. The average molecular weight is 787 g/mol. The molecule has 0 heterocycles. The zero-order chi connectivity index (χ0) is 40.9. The normalized spacial score (nSPS) is 11.3. The number of amides is 7. The minimum Gasteiger partial charge on any atom is -0.449 e. The summed E-state index contributed by atoms with van der Waals surface area (Å²) < 4.78 is 92.3. The second-order valence-electron chi connectivity index (χ2n) is 11.5. The molecule has 0 radical (unpaired) electrons. The Kier molecular flexibility index (Phi) is 13.6. The molecule has 4 rings (SSSR count). The number of benzene rings is 4. The van der Waals surface area contributed by atoms with E-state index in [0.29, 0.717) is 30.0 Å². The van der Waals surface area contributed by atoms with E-state index in [1.54, 1.807) is 12.1 Å². The zero-order valence-corrected chi connectivity index (χ0v) is 29.0. The van der Waals surface area contributed by atoms with E-state index in [-0.39, 0.29) is 48.0 Å². The highest BCUT2D eigenvalue weighted by Crippen LogP contribution is 2.56. The lowest BCUT2D eigenvalue weighted by atomic mass is 9.73. The summed E-state index contributed by atoms with van der Waals surface area (Å²) in [5, 5.41) is 16.8.